The second-order valence-corrected chi connectivity index (χ2v) is 7.87. The molecule has 1 aliphatic carbocycles. The molecule has 3 rings (SSSR count). The Morgan fingerprint density at radius 3 is 2.54 bits per heavy atom. The Bertz CT molecular complexity index is 1080. The molecule has 0 saturated heterocycles. The first kappa shape index (κ1) is 19.6. The molecular weight excluding hydrogens is 350 g/mol. The first-order valence-electron chi connectivity index (χ1n) is 9.57. The smallest absolute Gasteiger partial charge is 0.252 e. The van der Waals surface area contributed by atoms with E-state index in [-0.39, 0.29) is 23.7 Å². The van der Waals surface area contributed by atoms with Gasteiger partial charge < -0.3 is 4.98 Å². The summed E-state index contributed by atoms with van der Waals surface area (Å²) in [6.07, 6.45) is 2.94. The molecule has 1 heterocycles. The highest BCUT2D eigenvalue weighted by Crippen LogP contribution is 2.36. The molecule has 0 bridgehead atoms. The molecule has 0 unspecified atom stereocenters. The monoisotopic (exact) mass is 373 g/mol. The van der Waals surface area contributed by atoms with E-state index in [4.69, 9.17) is 0 Å². The Labute approximate surface area is 164 Å². The highest BCUT2D eigenvalue weighted by atomic mass is 16.1. The van der Waals surface area contributed by atoms with Crippen molar-refractivity contribution in [3.63, 3.8) is 0 Å². The maximum atomic E-state index is 13.6. The van der Waals surface area contributed by atoms with Gasteiger partial charge in [0.1, 0.15) is 0 Å². The zero-order valence-electron chi connectivity index (χ0n) is 16.4. The number of benzene rings is 1. The van der Waals surface area contributed by atoms with Crippen LogP contribution in [-0.2, 0) is 12.8 Å². The lowest BCUT2D eigenvalue weighted by Crippen LogP contribution is -2.25. The van der Waals surface area contributed by atoms with Crippen molar-refractivity contribution >= 4 is 5.78 Å². The molecule has 0 atom stereocenters. The number of aromatic amines is 1. The summed E-state index contributed by atoms with van der Waals surface area (Å²) in [5, 5.41) is 18.5. The predicted octanol–water partition coefficient (Wildman–Crippen LogP) is 3.93. The van der Waals surface area contributed by atoms with E-state index in [0.29, 0.717) is 40.3 Å². The number of carbonyl (C=O) groups excluding carboxylic acids is 1. The summed E-state index contributed by atoms with van der Waals surface area (Å²) < 4.78 is 0. The quantitative estimate of drug-likeness (QED) is 0.776. The summed E-state index contributed by atoms with van der Waals surface area (Å²) in [6, 6.07) is 9.24. The zero-order valence-corrected chi connectivity index (χ0v) is 16.4. The third kappa shape index (κ3) is 3.89. The van der Waals surface area contributed by atoms with Crippen LogP contribution in [-0.4, -0.2) is 10.8 Å². The van der Waals surface area contributed by atoms with Crippen LogP contribution in [0.1, 0.15) is 76.5 Å². The molecule has 142 valence electrons. The molecule has 2 aromatic rings. The van der Waals surface area contributed by atoms with Crippen LogP contribution in [0.25, 0.3) is 0 Å². The van der Waals surface area contributed by atoms with Crippen LogP contribution in [0.5, 0.6) is 0 Å². The number of hydrogen-bond donors (Lipinski definition) is 1. The van der Waals surface area contributed by atoms with Gasteiger partial charge in [0.15, 0.2) is 5.78 Å². The molecule has 28 heavy (non-hydrogen) atoms. The predicted molar refractivity (Wildman–Crippen MR) is 106 cm³/mol. The van der Waals surface area contributed by atoms with Crippen molar-refractivity contribution < 1.29 is 4.79 Å². The Morgan fingerprint density at radius 2 is 1.96 bits per heavy atom. The second kappa shape index (κ2) is 7.82. The zero-order chi connectivity index (χ0) is 20.4. The van der Waals surface area contributed by atoms with Crippen molar-refractivity contribution in [3.05, 3.63) is 67.6 Å². The number of nitriles is 2. The van der Waals surface area contributed by atoms with Crippen LogP contribution >= 0.6 is 0 Å². The number of aryl methyl sites for hydroxylation is 1. The molecule has 5 heteroatoms. The fourth-order valence-electron chi connectivity index (χ4n) is 3.71. The first-order chi connectivity index (χ1) is 13.3. The van der Waals surface area contributed by atoms with E-state index in [0.717, 1.165) is 24.0 Å². The fraction of sp³-hybridized carbons (Fsp3) is 0.391. The van der Waals surface area contributed by atoms with Crippen LogP contribution in [0.4, 0.5) is 0 Å². The third-order valence-corrected chi connectivity index (χ3v) is 5.16. The Kier molecular flexibility index (Phi) is 5.47. The van der Waals surface area contributed by atoms with E-state index in [2.05, 4.69) is 17.1 Å². The van der Waals surface area contributed by atoms with Crippen LogP contribution in [0.15, 0.2) is 23.0 Å². The Balaban J connectivity index is 2.28. The molecule has 0 spiro atoms. The average Bonchev–Trinajstić information content (AvgIpc) is 3.46. The molecule has 1 N–H and O–H groups in total. The minimum atomic E-state index is -0.309. The number of pyridine rings is 1. The van der Waals surface area contributed by atoms with E-state index >= 15 is 0 Å². The number of aromatic nitrogens is 1. The topological polar surface area (TPSA) is 97.5 Å². The minimum absolute atomic E-state index is 0.0627. The molecule has 0 aliphatic heterocycles. The maximum absolute atomic E-state index is 13.6. The van der Waals surface area contributed by atoms with Crippen LogP contribution in [0.3, 0.4) is 0 Å². The van der Waals surface area contributed by atoms with Crippen molar-refractivity contribution in [1.82, 2.24) is 4.98 Å². The van der Waals surface area contributed by atoms with Gasteiger partial charge in [0.05, 0.1) is 24.1 Å². The number of rotatable bonds is 6. The molecule has 1 fully saturated rings. The molecule has 1 aromatic carbocycles. The standard InChI is InChI=1S/C23H23N3O2/c1-13(2)20-21(22(27)17-9-14(3)8-16(10-17)12-25)18(11-15-4-5-15)19(6-7-24)26-23(20)28/h8-10,13,15H,4-6,11H2,1-3H3,(H,26,28). The third-order valence-electron chi connectivity index (χ3n) is 5.16. The highest BCUT2D eigenvalue weighted by Gasteiger charge is 2.30. The summed E-state index contributed by atoms with van der Waals surface area (Å²) in [5.74, 6) is 0.101. The average molecular weight is 373 g/mol. The largest absolute Gasteiger partial charge is 0.325 e. The van der Waals surface area contributed by atoms with Gasteiger partial charge in [-0.15, -0.1) is 0 Å². The van der Waals surface area contributed by atoms with Gasteiger partial charge in [-0.3, -0.25) is 9.59 Å². The fourth-order valence-corrected chi connectivity index (χ4v) is 3.71. The van der Waals surface area contributed by atoms with Crippen LogP contribution < -0.4 is 5.56 Å². The number of H-pyrrole nitrogens is 1. The Hall–Kier alpha value is -3.18. The van der Waals surface area contributed by atoms with E-state index in [1.807, 2.05) is 20.8 Å². The molecular formula is C23H23N3O2. The van der Waals surface area contributed by atoms with Crippen LogP contribution in [0, 0.1) is 35.5 Å². The van der Waals surface area contributed by atoms with E-state index in [9.17, 15) is 20.1 Å². The van der Waals surface area contributed by atoms with Gasteiger partial charge in [0.2, 0.25) is 0 Å². The van der Waals surface area contributed by atoms with Crippen LogP contribution in [0.2, 0.25) is 0 Å². The summed E-state index contributed by atoms with van der Waals surface area (Å²) >= 11 is 0. The van der Waals surface area contributed by atoms with E-state index in [1.54, 1.807) is 18.2 Å². The Morgan fingerprint density at radius 1 is 1.25 bits per heavy atom. The summed E-state index contributed by atoms with van der Waals surface area (Å²) in [7, 11) is 0. The first-order valence-corrected chi connectivity index (χ1v) is 9.57. The minimum Gasteiger partial charge on any atom is -0.325 e. The van der Waals surface area contributed by atoms with Gasteiger partial charge in [0.25, 0.3) is 5.56 Å². The summed E-state index contributed by atoms with van der Waals surface area (Å²) in [6.45, 7) is 5.62. The van der Waals surface area contributed by atoms with Crippen molar-refractivity contribution in [2.45, 2.75) is 52.4 Å². The number of carbonyl (C=O) groups is 1. The molecule has 1 aromatic heterocycles. The number of ketones is 1. The normalized spacial score (nSPS) is 13.2. The molecule has 5 nitrogen and oxygen atoms in total. The van der Waals surface area contributed by atoms with E-state index < -0.39 is 0 Å². The van der Waals surface area contributed by atoms with Gasteiger partial charge in [0, 0.05) is 22.4 Å². The lowest BCUT2D eigenvalue weighted by Gasteiger charge is -2.19. The van der Waals surface area contributed by atoms with Gasteiger partial charge in [-0.2, -0.15) is 10.5 Å². The number of nitrogens with one attached hydrogen (secondary N) is 1. The molecule has 1 aliphatic rings. The molecule has 0 amide bonds. The number of hydrogen-bond acceptors (Lipinski definition) is 4. The van der Waals surface area contributed by atoms with Crippen molar-refractivity contribution in [2.75, 3.05) is 0 Å². The van der Waals surface area contributed by atoms with Crippen molar-refractivity contribution in [2.24, 2.45) is 5.92 Å². The lowest BCUT2D eigenvalue weighted by atomic mass is 9.86. The van der Waals surface area contributed by atoms with Gasteiger partial charge >= 0.3 is 0 Å². The van der Waals surface area contributed by atoms with Gasteiger partial charge in [-0.25, -0.2) is 0 Å². The van der Waals surface area contributed by atoms with Crippen molar-refractivity contribution in [1.29, 1.82) is 10.5 Å². The molecule has 0 radical (unpaired) electrons. The summed E-state index contributed by atoms with van der Waals surface area (Å²) in [4.78, 5) is 29.2. The van der Waals surface area contributed by atoms with Gasteiger partial charge in [-0.1, -0.05) is 13.8 Å². The second-order valence-electron chi connectivity index (χ2n) is 7.87. The lowest BCUT2D eigenvalue weighted by molar-refractivity contribution is 0.103. The maximum Gasteiger partial charge on any atom is 0.252 e. The number of nitrogens with zero attached hydrogens (tertiary/aromatic N) is 2. The molecule has 1 saturated carbocycles. The van der Waals surface area contributed by atoms with Crippen molar-refractivity contribution in [3.8, 4) is 12.1 Å². The SMILES string of the molecule is Cc1cc(C#N)cc(C(=O)c2c(CC3CC3)c(CC#N)[nH]c(=O)c2C(C)C)c1. The van der Waals surface area contributed by atoms with Gasteiger partial charge in [-0.05, 0) is 67.3 Å². The summed E-state index contributed by atoms with van der Waals surface area (Å²) in [5.41, 5.74) is 3.55. The van der Waals surface area contributed by atoms with E-state index in [1.165, 1.54) is 0 Å². The highest BCUT2D eigenvalue weighted by molar-refractivity contribution is 6.11.